The molecule has 3 rings (SSSR count). The van der Waals surface area contributed by atoms with Crippen molar-refractivity contribution in [3.8, 4) is 11.3 Å². The molecule has 1 fully saturated rings. The third-order valence-electron chi connectivity index (χ3n) is 4.53. The number of anilines is 1. The summed E-state index contributed by atoms with van der Waals surface area (Å²) in [6, 6.07) is 7.10. The Bertz CT molecular complexity index is 783. The van der Waals surface area contributed by atoms with E-state index in [4.69, 9.17) is 31.3 Å². The van der Waals surface area contributed by atoms with Crippen molar-refractivity contribution < 1.29 is 18.8 Å². The third-order valence-corrected chi connectivity index (χ3v) is 4.78. The third kappa shape index (κ3) is 5.83. The van der Waals surface area contributed by atoms with Crippen molar-refractivity contribution in [2.45, 2.75) is 12.5 Å². The van der Waals surface area contributed by atoms with E-state index in [-0.39, 0.29) is 24.4 Å². The number of halogens is 2. The first-order valence-electron chi connectivity index (χ1n) is 9.23. The van der Waals surface area contributed by atoms with Gasteiger partial charge in [-0.05, 0) is 37.2 Å². The lowest BCUT2D eigenvalue weighted by Gasteiger charge is -2.32. The molecule has 0 spiro atoms. The van der Waals surface area contributed by atoms with Crippen LogP contribution in [0.2, 0.25) is 5.02 Å². The van der Waals surface area contributed by atoms with Gasteiger partial charge < -0.3 is 29.9 Å². The average Bonchev–Trinajstić information content (AvgIpc) is 3.12. The van der Waals surface area contributed by atoms with Crippen LogP contribution in [0.4, 0.5) is 5.82 Å². The fraction of sp³-hybridized carbons (Fsp3) is 0.474. The number of hydrogen-bond donors (Lipinski definition) is 2. The van der Waals surface area contributed by atoms with Crippen LogP contribution in [0.3, 0.4) is 0 Å². The van der Waals surface area contributed by atoms with Crippen LogP contribution in [0.25, 0.3) is 11.3 Å². The van der Waals surface area contributed by atoms with E-state index in [9.17, 15) is 4.79 Å². The smallest absolute Gasteiger partial charge is 0.261 e. The van der Waals surface area contributed by atoms with Gasteiger partial charge in [0.05, 0.1) is 19.3 Å². The first-order chi connectivity index (χ1) is 13.6. The Morgan fingerprint density at radius 3 is 2.86 bits per heavy atom. The van der Waals surface area contributed by atoms with Crippen LogP contribution in [-0.4, -0.2) is 68.6 Å². The maximum Gasteiger partial charge on any atom is 0.261 e. The molecule has 0 bridgehead atoms. The molecule has 1 aromatic heterocycles. The fourth-order valence-electron chi connectivity index (χ4n) is 3.10. The number of rotatable bonds is 8. The summed E-state index contributed by atoms with van der Waals surface area (Å²) in [5, 5.41) is 7.81. The van der Waals surface area contributed by atoms with E-state index in [1.54, 1.807) is 36.3 Å². The lowest BCUT2D eigenvalue weighted by Crippen LogP contribution is -2.46. The Morgan fingerprint density at radius 2 is 2.17 bits per heavy atom. The second-order valence-electron chi connectivity index (χ2n) is 6.48. The van der Waals surface area contributed by atoms with E-state index >= 15 is 0 Å². The van der Waals surface area contributed by atoms with E-state index < -0.39 is 0 Å². The van der Waals surface area contributed by atoms with Crippen molar-refractivity contribution in [1.29, 1.82) is 0 Å². The summed E-state index contributed by atoms with van der Waals surface area (Å²) in [6.45, 7) is 2.96. The van der Waals surface area contributed by atoms with Gasteiger partial charge in [-0.15, -0.1) is 12.4 Å². The van der Waals surface area contributed by atoms with Gasteiger partial charge >= 0.3 is 0 Å². The van der Waals surface area contributed by atoms with Crippen LogP contribution in [0.15, 0.2) is 28.8 Å². The summed E-state index contributed by atoms with van der Waals surface area (Å²) in [5.41, 5.74) is 6.76. The molecule has 3 N–H and O–H groups in total. The molecule has 2 heterocycles. The van der Waals surface area contributed by atoms with Gasteiger partial charge in [-0.25, -0.2) is 0 Å². The molecule has 1 aliphatic rings. The molecule has 160 valence electrons. The zero-order valence-corrected chi connectivity index (χ0v) is 17.8. The quantitative estimate of drug-likeness (QED) is 0.603. The number of amides is 1. The topological polar surface area (TPSA) is 103 Å². The number of aromatic nitrogens is 1. The molecule has 0 radical (unpaired) electrons. The lowest BCUT2D eigenvalue weighted by atomic mass is 10.1. The number of nitrogens with zero attached hydrogens (tertiary/aromatic N) is 2. The predicted molar refractivity (Wildman–Crippen MR) is 114 cm³/mol. The lowest BCUT2D eigenvalue weighted by molar-refractivity contribution is -0.0236. The predicted octanol–water partition coefficient (Wildman–Crippen LogP) is 2.66. The minimum absolute atomic E-state index is 0. The van der Waals surface area contributed by atoms with Crippen molar-refractivity contribution in [2.24, 2.45) is 5.73 Å². The maximum absolute atomic E-state index is 13.4. The highest BCUT2D eigenvalue weighted by Crippen LogP contribution is 2.31. The molecule has 8 nitrogen and oxygen atoms in total. The summed E-state index contributed by atoms with van der Waals surface area (Å²) < 4.78 is 16.3. The van der Waals surface area contributed by atoms with Gasteiger partial charge in [0.1, 0.15) is 5.56 Å². The second kappa shape index (κ2) is 11.4. The van der Waals surface area contributed by atoms with E-state index in [0.29, 0.717) is 68.0 Å². The van der Waals surface area contributed by atoms with Crippen LogP contribution in [0.1, 0.15) is 16.8 Å². The van der Waals surface area contributed by atoms with Crippen molar-refractivity contribution in [3.63, 3.8) is 0 Å². The number of nitrogens with two attached hydrogens (primary N) is 1. The first-order valence-corrected chi connectivity index (χ1v) is 9.61. The van der Waals surface area contributed by atoms with E-state index in [2.05, 4.69) is 10.5 Å². The Balaban J connectivity index is 0.00000300. The molecule has 1 aliphatic heterocycles. The molecular formula is C19H26Cl2N4O4. The molecule has 1 unspecified atom stereocenters. The van der Waals surface area contributed by atoms with E-state index in [1.807, 2.05) is 0 Å². The number of nitrogens with one attached hydrogen (secondary N) is 1. The van der Waals surface area contributed by atoms with E-state index in [1.165, 1.54) is 0 Å². The highest BCUT2D eigenvalue weighted by atomic mass is 35.5. The minimum atomic E-state index is -0.156. The Hall–Kier alpha value is -1.84. The maximum atomic E-state index is 13.4. The highest BCUT2D eigenvalue weighted by Gasteiger charge is 2.31. The van der Waals surface area contributed by atoms with Crippen molar-refractivity contribution >= 4 is 35.7 Å². The van der Waals surface area contributed by atoms with Gasteiger partial charge in [0.2, 0.25) is 0 Å². The van der Waals surface area contributed by atoms with Gasteiger partial charge in [-0.3, -0.25) is 4.79 Å². The largest absolute Gasteiger partial charge is 0.383 e. The van der Waals surface area contributed by atoms with Gasteiger partial charge in [0.25, 0.3) is 5.91 Å². The first kappa shape index (κ1) is 23.4. The molecular weight excluding hydrogens is 419 g/mol. The number of carbonyl (C=O) groups excluding carboxylic acids is 1. The SMILES string of the molecule is COCCNc1noc(-c2ccc(Cl)cc2)c1C(=O)N1CCOC(CCN)C1.Cl. The zero-order chi connectivity index (χ0) is 19.9. The van der Waals surface area contributed by atoms with Crippen molar-refractivity contribution in [2.75, 3.05) is 51.8 Å². The van der Waals surface area contributed by atoms with Crippen molar-refractivity contribution in [3.05, 3.63) is 34.9 Å². The Morgan fingerprint density at radius 1 is 1.41 bits per heavy atom. The summed E-state index contributed by atoms with van der Waals surface area (Å²) in [6.07, 6.45) is 0.641. The molecule has 2 aromatic rings. The number of ether oxygens (including phenoxy) is 2. The molecule has 0 aliphatic carbocycles. The fourth-order valence-corrected chi connectivity index (χ4v) is 3.23. The van der Waals surface area contributed by atoms with Crippen LogP contribution < -0.4 is 11.1 Å². The van der Waals surface area contributed by atoms with E-state index in [0.717, 1.165) is 5.56 Å². The zero-order valence-electron chi connectivity index (χ0n) is 16.2. The van der Waals surface area contributed by atoms with Gasteiger partial charge in [-0.1, -0.05) is 16.8 Å². The van der Waals surface area contributed by atoms with Crippen LogP contribution in [0, 0.1) is 0 Å². The van der Waals surface area contributed by atoms with Gasteiger partial charge in [0, 0.05) is 37.3 Å². The summed E-state index contributed by atoms with van der Waals surface area (Å²) in [7, 11) is 1.61. The van der Waals surface area contributed by atoms with Crippen LogP contribution in [-0.2, 0) is 9.47 Å². The molecule has 1 atom stereocenters. The highest BCUT2D eigenvalue weighted by molar-refractivity contribution is 6.30. The normalized spacial score (nSPS) is 16.4. The number of morpholine rings is 1. The second-order valence-corrected chi connectivity index (χ2v) is 6.92. The standard InChI is InChI=1S/C19H25ClN4O4.ClH/c1-26-10-8-22-18-16(17(28-23-18)13-2-4-14(20)5-3-13)19(25)24-9-11-27-15(12-24)6-7-21;/h2-5,15H,6-12,21H2,1H3,(H,22,23);1H. The molecule has 0 saturated carbocycles. The Labute approximate surface area is 181 Å². The number of carbonyl (C=O) groups is 1. The Kier molecular flexibility index (Phi) is 9.19. The molecule has 10 heteroatoms. The molecule has 29 heavy (non-hydrogen) atoms. The van der Waals surface area contributed by atoms with Crippen LogP contribution in [0.5, 0.6) is 0 Å². The number of hydrogen-bond acceptors (Lipinski definition) is 7. The monoisotopic (exact) mass is 444 g/mol. The summed E-state index contributed by atoms with van der Waals surface area (Å²) in [4.78, 5) is 15.1. The van der Waals surface area contributed by atoms with Gasteiger partial charge in [-0.2, -0.15) is 0 Å². The van der Waals surface area contributed by atoms with Crippen molar-refractivity contribution in [1.82, 2.24) is 10.1 Å². The molecule has 1 saturated heterocycles. The molecule has 1 amide bonds. The van der Waals surface area contributed by atoms with Gasteiger partial charge in [0.15, 0.2) is 11.6 Å². The summed E-state index contributed by atoms with van der Waals surface area (Å²) >= 11 is 5.99. The number of methoxy groups -OCH3 is 1. The molecule has 1 aromatic carbocycles. The minimum Gasteiger partial charge on any atom is -0.383 e. The number of benzene rings is 1. The average molecular weight is 445 g/mol. The van der Waals surface area contributed by atoms with Crippen LogP contribution >= 0.6 is 24.0 Å². The summed E-state index contributed by atoms with van der Waals surface area (Å²) in [5.74, 6) is 0.647.